The summed E-state index contributed by atoms with van der Waals surface area (Å²) in [5.41, 5.74) is 2.95. The van der Waals surface area contributed by atoms with Gasteiger partial charge in [-0.1, -0.05) is 23.2 Å². The van der Waals surface area contributed by atoms with Gasteiger partial charge in [-0.25, -0.2) is 9.97 Å². The number of amides is 1. The van der Waals surface area contributed by atoms with Crippen LogP contribution in [0, 0.1) is 0 Å². The number of carbonyl (C=O) groups is 1. The van der Waals surface area contributed by atoms with Crippen molar-refractivity contribution >= 4 is 51.5 Å². The number of rotatable bonds is 7. The van der Waals surface area contributed by atoms with Crippen LogP contribution < -0.4 is 20.7 Å². The maximum Gasteiger partial charge on any atom is 0.251 e. The van der Waals surface area contributed by atoms with E-state index in [4.69, 9.17) is 16.3 Å². The van der Waals surface area contributed by atoms with Crippen molar-refractivity contribution in [2.45, 2.75) is 32.7 Å². The molecule has 0 aliphatic carbocycles. The topological polar surface area (TPSA) is 132 Å². The second-order valence-electron chi connectivity index (χ2n) is 11.6. The van der Waals surface area contributed by atoms with E-state index in [2.05, 4.69) is 36.9 Å². The lowest BCUT2D eigenvalue weighted by atomic mass is 10.1. The smallest absolute Gasteiger partial charge is 0.251 e. The summed E-state index contributed by atoms with van der Waals surface area (Å²) in [6, 6.07) is 12.4. The van der Waals surface area contributed by atoms with E-state index >= 15 is 0 Å². The van der Waals surface area contributed by atoms with E-state index in [1.165, 1.54) is 11.9 Å². The van der Waals surface area contributed by atoms with Crippen LogP contribution in [0.5, 0.6) is 11.5 Å². The summed E-state index contributed by atoms with van der Waals surface area (Å²) in [6.07, 6.45) is 4.48. The second-order valence-corrected chi connectivity index (χ2v) is 14.4. The molecule has 5 rings (SSSR count). The maximum atomic E-state index is 12.6. The largest absolute Gasteiger partial charge is 0.456 e. The van der Waals surface area contributed by atoms with Gasteiger partial charge in [0.15, 0.2) is 0 Å². The van der Waals surface area contributed by atoms with Gasteiger partial charge < -0.3 is 20.7 Å². The number of nitrogens with zero attached hydrogens (tertiary/aromatic N) is 3. The lowest BCUT2D eigenvalue weighted by Crippen LogP contribution is -2.40. The summed E-state index contributed by atoms with van der Waals surface area (Å²) >= 11 is 6.62. The molecule has 2 aliphatic heterocycles. The zero-order chi connectivity index (χ0) is 29.9. The summed E-state index contributed by atoms with van der Waals surface area (Å²) < 4.78 is 25.9. The highest BCUT2D eigenvalue weighted by atomic mass is 35.5. The Morgan fingerprint density at radius 2 is 1.93 bits per heavy atom. The number of aromatic nitrogens is 2. The normalized spacial score (nSPS) is 17.6. The van der Waals surface area contributed by atoms with Gasteiger partial charge in [-0.15, -0.1) is 0 Å². The van der Waals surface area contributed by atoms with E-state index in [1.54, 1.807) is 36.4 Å². The molecule has 1 aromatic heterocycles. The average Bonchev–Trinajstić information content (AvgIpc) is 3.13. The fourth-order valence-corrected chi connectivity index (χ4v) is 6.29. The summed E-state index contributed by atoms with van der Waals surface area (Å²) in [4.78, 5) is 23.8. The molecule has 5 N–H and O–H groups in total. The monoisotopic (exact) mass is 612 g/mol. The molecule has 3 heterocycles. The fraction of sp³-hybridized carbons (Fsp3) is 0.367. The molecule has 42 heavy (non-hydrogen) atoms. The molecule has 1 amide bonds. The van der Waals surface area contributed by atoms with E-state index < -0.39 is 10.6 Å². The van der Waals surface area contributed by atoms with Crippen molar-refractivity contribution in [3.63, 3.8) is 0 Å². The standard InChI is InChI=1S/C30H37ClN6O4S/c1-30(2,3)36-29(38)21-5-4-6-23(16-21)41-26-8-7-22(17-25(26)31)35-28-24-15-20(9-10-32-27(24)33-19-34-28)18-37-11-13-42(39,40)14-12-37/h4-8,15-17,19,39-40H,9-14,18H2,1-3H3,(H,36,38)(H2,32,33,34,35). The van der Waals surface area contributed by atoms with Gasteiger partial charge in [0.1, 0.15) is 29.5 Å². The third-order valence-corrected chi connectivity index (χ3v) is 8.84. The van der Waals surface area contributed by atoms with Crippen LogP contribution in [0.25, 0.3) is 6.08 Å². The Hall–Kier alpha value is -3.35. The molecule has 1 fully saturated rings. The van der Waals surface area contributed by atoms with Crippen molar-refractivity contribution in [1.82, 2.24) is 20.2 Å². The minimum Gasteiger partial charge on any atom is -0.456 e. The third kappa shape index (κ3) is 7.93. The lowest BCUT2D eigenvalue weighted by molar-refractivity contribution is 0.0919. The Kier molecular flexibility index (Phi) is 8.95. The van der Waals surface area contributed by atoms with Crippen molar-refractivity contribution in [2.75, 3.05) is 48.3 Å². The van der Waals surface area contributed by atoms with Crippen molar-refractivity contribution in [1.29, 1.82) is 0 Å². The first-order chi connectivity index (χ1) is 19.9. The quantitative estimate of drug-likeness (QED) is 0.204. The zero-order valence-electron chi connectivity index (χ0n) is 24.0. The van der Waals surface area contributed by atoms with Gasteiger partial charge >= 0.3 is 0 Å². The van der Waals surface area contributed by atoms with Crippen LogP contribution in [0.1, 0.15) is 43.1 Å². The number of carbonyl (C=O) groups excluding carboxylic acids is 1. The second kappa shape index (κ2) is 12.5. The molecule has 0 saturated carbocycles. The van der Waals surface area contributed by atoms with Crippen molar-refractivity contribution in [3.8, 4) is 11.5 Å². The van der Waals surface area contributed by atoms with Crippen LogP contribution in [0.4, 0.5) is 17.3 Å². The van der Waals surface area contributed by atoms with Gasteiger partial charge in [0.05, 0.1) is 22.1 Å². The number of benzene rings is 2. The van der Waals surface area contributed by atoms with E-state index in [0.717, 1.165) is 36.6 Å². The third-order valence-electron chi connectivity index (χ3n) is 6.87. The summed E-state index contributed by atoms with van der Waals surface area (Å²) in [5, 5.41) is 10.1. The molecule has 12 heteroatoms. The van der Waals surface area contributed by atoms with Crippen LogP contribution >= 0.6 is 22.2 Å². The van der Waals surface area contributed by atoms with E-state index in [1.807, 2.05) is 26.8 Å². The lowest BCUT2D eigenvalue weighted by Gasteiger charge is -2.41. The Bertz CT molecular complexity index is 1480. The Morgan fingerprint density at radius 1 is 1.14 bits per heavy atom. The van der Waals surface area contributed by atoms with Crippen molar-refractivity contribution in [2.24, 2.45) is 0 Å². The summed E-state index contributed by atoms with van der Waals surface area (Å²) in [5.74, 6) is 3.01. The number of hydrogen-bond donors (Lipinski definition) is 5. The van der Waals surface area contributed by atoms with Crippen LogP contribution in [0.15, 0.2) is 54.4 Å². The van der Waals surface area contributed by atoms with Gasteiger partial charge in [0, 0.05) is 43.0 Å². The molecule has 0 atom stereocenters. The van der Waals surface area contributed by atoms with Gasteiger partial charge in [0.2, 0.25) is 0 Å². The molecule has 10 nitrogen and oxygen atoms in total. The molecular formula is C30H37ClN6O4S. The molecule has 0 bridgehead atoms. The molecule has 3 aromatic rings. The highest BCUT2D eigenvalue weighted by Crippen LogP contribution is 2.40. The number of nitrogens with one attached hydrogen (secondary N) is 3. The first kappa shape index (κ1) is 30.1. The summed E-state index contributed by atoms with van der Waals surface area (Å²) in [7, 11) is -2.43. The van der Waals surface area contributed by atoms with Crippen LogP contribution in [0.3, 0.4) is 0 Å². The van der Waals surface area contributed by atoms with Crippen molar-refractivity contribution < 1.29 is 18.6 Å². The van der Waals surface area contributed by atoms with Gasteiger partial charge in [-0.2, -0.15) is 10.6 Å². The maximum absolute atomic E-state index is 12.6. The number of halogens is 1. The first-order valence-corrected chi connectivity index (χ1v) is 16.1. The molecule has 224 valence electrons. The van der Waals surface area contributed by atoms with Crippen LogP contribution in [-0.2, 0) is 0 Å². The van der Waals surface area contributed by atoms with E-state index in [0.29, 0.717) is 52.5 Å². The molecular weight excluding hydrogens is 576 g/mol. The highest BCUT2D eigenvalue weighted by Gasteiger charge is 2.24. The SMILES string of the molecule is CC(C)(C)NC(=O)c1cccc(Oc2ccc(Nc3ncnc4c3C=C(CN3CCS(O)(O)CC3)CCN4)cc2Cl)c1. The number of fused-ring (bicyclic) bond motifs is 1. The minimum absolute atomic E-state index is 0.177. The van der Waals surface area contributed by atoms with Gasteiger partial charge in [-0.05, 0) is 69.7 Å². The molecule has 2 aliphatic rings. The summed E-state index contributed by atoms with van der Waals surface area (Å²) in [6.45, 7) is 8.62. The van der Waals surface area contributed by atoms with E-state index in [-0.39, 0.29) is 11.4 Å². The molecule has 1 saturated heterocycles. The number of anilines is 3. The molecule has 0 spiro atoms. The average molecular weight is 613 g/mol. The van der Waals surface area contributed by atoms with Crippen LogP contribution in [-0.4, -0.2) is 73.1 Å². The molecule has 0 radical (unpaired) electrons. The predicted octanol–water partition coefficient (Wildman–Crippen LogP) is 6.46. The Labute approximate surface area is 252 Å². The molecule has 0 unspecified atom stereocenters. The first-order valence-electron chi connectivity index (χ1n) is 13.9. The van der Waals surface area contributed by atoms with Crippen molar-refractivity contribution in [3.05, 3.63) is 70.5 Å². The zero-order valence-corrected chi connectivity index (χ0v) is 25.6. The number of ether oxygens (including phenoxy) is 1. The fourth-order valence-electron chi connectivity index (χ4n) is 4.76. The Balaban J connectivity index is 1.30. The predicted molar refractivity (Wildman–Crippen MR) is 171 cm³/mol. The van der Waals surface area contributed by atoms with Gasteiger partial charge in [0.25, 0.3) is 5.91 Å². The van der Waals surface area contributed by atoms with E-state index in [9.17, 15) is 13.9 Å². The van der Waals surface area contributed by atoms with Gasteiger partial charge in [-0.3, -0.25) is 18.8 Å². The highest BCUT2D eigenvalue weighted by molar-refractivity contribution is 8.24. The van der Waals surface area contributed by atoms with Crippen LogP contribution in [0.2, 0.25) is 5.02 Å². The Morgan fingerprint density at radius 3 is 2.67 bits per heavy atom. The minimum atomic E-state index is -2.43. The molecule has 2 aromatic carbocycles. The number of hydrogen-bond acceptors (Lipinski definition) is 9.